The predicted molar refractivity (Wildman–Crippen MR) is 80.3 cm³/mol. The van der Waals surface area contributed by atoms with Gasteiger partial charge < -0.3 is 10.2 Å². The molecule has 0 fully saturated rings. The quantitative estimate of drug-likeness (QED) is 0.853. The smallest absolute Gasteiger partial charge is 0.0370 e. The number of thiophene rings is 1. The van der Waals surface area contributed by atoms with E-state index in [1.165, 1.54) is 16.8 Å². The second kappa shape index (κ2) is 6.57. The summed E-state index contributed by atoms with van der Waals surface area (Å²) in [6.07, 6.45) is 0. The van der Waals surface area contributed by atoms with Crippen molar-refractivity contribution in [1.29, 1.82) is 0 Å². The highest BCUT2D eigenvalue weighted by Gasteiger charge is 2.01. The van der Waals surface area contributed by atoms with E-state index in [0.29, 0.717) is 0 Å². The van der Waals surface area contributed by atoms with E-state index in [1.54, 1.807) is 11.3 Å². The van der Waals surface area contributed by atoms with Crippen LogP contribution in [-0.4, -0.2) is 25.0 Å². The first-order valence-corrected chi connectivity index (χ1v) is 7.19. The highest BCUT2D eigenvalue weighted by Crippen LogP contribution is 2.12. The van der Waals surface area contributed by atoms with Crippen LogP contribution in [0, 0.1) is 6.92 Å². The molecule has 0 amide bonds. The van der Waals surface area contributed by atoms with E-state index in [2.05, 4.69) is 65.3 Å². The summed E-state index contributed by atoms with van der Waals surface area (Å²) in [6, 6.07) is 10.6. The summed E-state index contributed by atoms with van der Waals surface area (Å²) in [6.45, 7) is 5.19. The Balaban J connectivity index is 1.74. The molecule has 2 aromatic rings. The molecule has 1 aromatic heterocycles. The number of hydrogen-bond acceptors (Lipinski definition) is 3. The molecule has 0 spiro atoms. The van der Waals surface area contributed by atoms with Gasteiger partial charge in [0.1, 0.15) is 0 Å². The summed E-state index contributed by atoms with van der Waals surface area (Å²) in [7, 11) is 2.16. The third-order valence-corrected chi connectivity index (χ3v) is 3.72. The summed E-state index contributed by atoms with van der Waals surface area (Å²) < 4.78 is 0. The van der Waals surface area contributed by atoms with Gasteiger partial charge in [-0.25, -0.2) is 0 Å². The van der Waals surface area contributed by atoms with Gasteiger partial charge in [0.15, 0.2) is 0 Å². The van der Waals surface area contributed by atoms with E-state index in [9.17, 15) is 0 Å². The molecule has 0 saturated heterocycles. The second-order valence-electron chi connectivity index (χ2n) is 4.61. The number of benzene rings is 1. The Morgan fingerprint density at radius 1 is 1.22 bits per heavy atom. The number of anilines is 1. The Morgan fingerprint density at radius 3 is 2.78 bits per heavy atom. The summed E-state index contributed by atoms with van der Waals surface area (Å²) in [5, 5.41) is 7.83. The third kappa shape index (κ3) is 3.86. The van der Waals surface area contributed by atoms with Crippen molar-refractivity contribution in [3.8, 4) is 0 Å². The lowest BCUT2D eigenvalue weighted by atomic mass is 10.2. The average molecular weight is 260 g/mol. The fourth-order valence-corrected chi connectivity index (χ4v) is 2.59. The van der Waals surface area contributed by atoms with Gasteiger partial charge in [-0.05, 0) is 48.0 Å². The van der Waals surface area contributed by atoms with E-state index in [4.69, 9.17) is 0 Å². The second-order valence-corrected chi connectivity index (χ2v) is 5.39. The lowest BCUT2D eigenvalue weighted by molar-refractivity contribution is 0.340. The van der Waals surface area contributed by atoms with Gasteiger partial charge >= 0.3 is 0 Å². The van der Waals surface area contributed by atoms with Crippen LogP contribution in [0.4, 0.5) is 5.69 Å². The number of hydrogen-bond donors (Lipinski definition) is 1. The van der Waals surface area contributed by atoms with Crippen molar-refractivity contribution < 1.29 is 0 Å². The van der Waals surface area contributed by atoms with Crippen molar-refractivity contribution in [2.45, 2.75) is 13.5 Å². The average Bonchev–Trinajstić information content (AvgIpc) is 2.84. The number of nitrogens with zero attached hydrogens (tertiary/aromatic N) is 1. The monoisotopic (exact) mass is 260 g/mol. The number of para-hydroxylation sites is 1. The van der Waals surface area contributed by atoms with Crippen LogP contribution in [0.3, 0.4) is 0 Å². The summed E-state index contributed by atoms with van der Waals surface area (Å²) in [5.41, 5.74) is 3.94. The maximum absolute atomic E-state index is 3.48. The molecule has 2 nitrogen and oxygen atoms in total. The fourth-order valence-electron chi connectivity index (χ4n) is 1.93. The Labute approximate surface area is 113 Å². The molecule has 0 unspecified atom stereocenters. The van der Waals surface area contributed by atoms with Crippen LogP contribution in [0.1, 0.15) is 11.1 Å². The molecule has 1 aromatic carbocycles. The maximum atomic E-state index is 3.48. The summed E-state index contributed by atoms with van der Waals surface area (Å²) in [5.74, 6) is 0. The van der Waals surface area contributed by atoms with Gasteiger partial charge in [0.2, 0.25) is 0 Å². The van der Waals surface area contributed by atoms with E-state index < -0.39 is 0 Å². The van der Waals surface area contributed by atoms with E-state index in [-0.39, 0.29) is 0 Å². The standard InChI is InChI=1S/C15H20N2S/c1-13-5-3-4-6-15(13)16-8-9-17(2)11-14-7-10-18-12-14/h3-7,10,12,16H,8-9,11H2,1-2H3. The van der Waals surface area contributed by atoms with Crippen LogP contribution in [0.2, 0.25) is 0 Å². The number of aryl methyl sites for hydroxylation is 1. The van der Waals surface area contributed by atoms with Crippen molar-refractivity contribution in [1.82, 2.24) is 4.90 Å². The lowest BCUT2D eigenvalue weighted by Gasteiger charge is -2.17. The third-order valence-electron chi connectivity index (χ3n) is 2.99. The van der Waals surface area contributed by atoms with E-state index in [1.807, 2.05) is 0 Å². The van der Waals surface area contributed by atoms with Gasteiger partial charge in [0.25, 0.3) is 0 Å². The first-order chi connectivity index (χ1) is 8.75. The van der Waals surface area contributed by atoms with Crippen LogP contribution in [0.15, 0.2) is 41.1 Å². The van der Waals surface area contributed by atoms with E-state index >= 15 is 0 Å². The molecular weight excluding hydrogens is 240 g/mol. The molecule has 0 aliphatic heterocycles. The predicted octanol–water partition coefficient (Wildman–Crippen LogP) is 3.60. The number of rotatable bonds is 6. The van der Waals surface area contributed by atoms with Crippen LogP contribution in [-0.2, 0) is 6.54 Å². The molecule has 3 heteroatoms. The Kier molecular flexibility index (Phi) is 4.79. The topological polar surface area (TPSA) is 15.3 Å². The minimum atomic E-state index is 0.978. The van der Waals surface area contributed by atoms with Crippen molar-refractivity contribution in [2.75, 3.05) is 25.5 Å². The largest absolute Gasteiger partial charge is 0.384 e. The highest BCUT2D eigenvalue weighted by molar-refractivity contribution is 7.07. The molecule has 1 heterocycles. The van der Waals surface area contributed by atoms with Gasteiger partial charge in [-0.2, -0.15) is 11.3 Å². The lowest BCUT2D eigenvalue weighted by Crippen LogP contribution is -2.24. The van der Waals surface area contributed by atoms with Crippen molar-refractivity contribution in [3.05, 3.63) is 52.2 Å². The first kappa shape index (κ1) is 13.1. The molecular formula is C15H20N2S. The molecule has 0 aliphatic rings. The molecule has 18 heavy (non-hydrogen) atoms. The van der Waals surface area contributed by atoms with Crippen LogP contribution < -0.4 is 5.32 Å². The molecule has 0 radical (unpaired) electrons. The Hall–Kier alpha value is -1.32. The van der Waals surface area contributed by atoms with Crippen LogP contribution in [0.25, 0.3) is 0 Å². The van der Waals surface area contributed by atoms with Gasteiger partial charge in [-0.3, -0.25) is 0 Å². The molecule has 96 valence electrons. The Bertz CT molecular complexity index is 465. The minimum absolute atomic E-state index is 0.978. The maximum Gasteiger partial charge on any atom is 0.0370 e. The zero-order valence-electron chi connectivity index (χ0n) is 11.0. The van der Waals surface area contributed by atoms with Crippen LogP contribution >= 0.6 is 11.3 Å². The minimum Gasteiger partial charge on any atom is -0.384 e. The SMILES string of the molecule is Cc1ccccc1NCCN(C)Cc1ccsc1. The van der Waals surface area contributed by atoms with Gasteiger partial charge in [0, 0.05) is 25.3 Å². The highest BCUT2D eigenvalue weighted by atomic mass is 32.1. The van der Waals surface area contributed by atoms with Crippen LogP contribution in [0.5, 0.6) is 0 Å². The molecule has 0 bridgehead atoms. The van der Waals surface area contributed by atoms with Gasteiger partial charge in [0.05, 0.1) is 0 Å². The normalized spacial score (nSPS) is 10.8. The zero-order valence-corrected chi connectivity index (χ0v) is 11.8. The van der Waals surface area contributed by atoms with Gasteiger partial charge in [-0.1, -0.05) is 18.2 Å². The molecule has 0 saturated carbocycles. The first-order valence-electron chi connectivity index (χ1n) is 6.25. The van der Waals surface area contributed by atoms with Gasteiger partial charge in [-0.15, -0.1) is 0 Å². The number of likely N-dealkylation sites (N-methyl/N-ethyl adjacent to an activating group) is 1. The molecule has 0 aliphatic carbocycles. The van der Waals surface area contributed by atoms with Crippen molar-refractivity contribution >= 4 is 17.0 Å². The van der Waals surface area contributed by atoms with E-state index in [0.717, 1.165) is 19.6 Å². The number of nitrogens with one attached hydrogen (secondary N) is 1. The molecule has 1 N–H and O–H groups in total. The fraction of sp³-hybridized carbons (Fsp3) is 0.333. The molecule has 2 rings (SSSR count). The Morgan fingerprint density at radius 2 is 2.06 bits per heavy atom. The molecule has 0 atom stereocenters. The van der Waals surface area contributed by atoms with Crippen molar-refractivity contribution in [2.24, 2.45) is 0 Å². The summed E-state index contributed by atoms with van der Waals surface area (Å²) >= 11 is 1.76. The summed E-state index contributed by atoms with van der Waals surface area (Å²) in [4.78, 5) is 2.34. The zero-order chi connectivity index (χ0) is 12.8. The van der Waals surface area contributed by atoms with Crippen molar-refractivity contribution in [3.63, 3.8) is 0 Å².